The minimum atomic E-state index is -4.55. The first kappa shape index (κ1) is 22.2. The van der Waals surface area contributed by atoms with Crippen molar-refractivity contribution in [2.24, 2.45) is 0 Å². The number of amides is 1. The average molecular weight is 488 g/mol. The molecule has 1 aliphatic rings. The van der Waals surface area contributed by atoms with Gasteiger partial charge in [-0.1, -0.05) is 23.4 Å². The summed E-state index contributed by atoms with van der Waals surface area (Å²) < 4.78 is 38.8. The van der Waals surface area contributed by atoms with E-state index in [0.717, 1.165) is 61.2 Å². The van der Waals surface area contributed by atoms with Crippen molar-refractivity contribution >= 4 is 56.5 Å². The number of halogens is 4. The van der Waals surface area contributed by atoms with Gasteiger partial charge in [0.15, 0.2) is 5.16 Å². The highest BCUT2D eigenvalue weighted by Crippen LogP contribution is 2.36. The molecule has 1 aliphatic carbocycles. The molecule has 2 N–H and O–H groups in total. The van der Waals surface area contributed by atoms with Gasteiger partial charge in [0.1, 0.15) is 4.83 Å². The Bertz CT molecular complexity index is 1220. The Morgan fingerprint density at radius 1 is 1.32 bits per heavy atom. The molecule has 11 heteroatoms. The molecular weight excluding hydrogens is 471 g/mol. The standard InChI is InChI=1S/C20H17ClF3N3O2S2/c1-9(16(28)25-13-8-10(20(22,23)24)6-7-12(13)21)30-19-26-17(29)15-11-4-2-3-5-14(11)31-18(15)27-19/h6-9H,2-5H2,1H3,(H,25,28)(H,26,27,29). The lowest BCUT2D eigenvalue weighted by Gasteiger charge is -2.14. The third kappa shape index (κ3) is 4.61. The maximum atomic E-state index is 12.9. The number of nitrogens with one attached hydrogen (secondary N) is 2. The molecule has 0 saturated heterocycles. The summed E-state index contributed by atoms with van der Waals surface area (Å²) in [5.74, 6) is -0.556. The number of carbonyl (C=O) groups is 1. The molecule has 0 saturated carbocycles. The Kier molecular flexibility index (Phi) is 6.06. The van der Waals surface area contributed by atoms with E-state index in [1.54, 1.807) is 6.92 Å². The smallest absolute Gasteiger partial charge is 0.324 e. The number of thiophene rings is 1. The number of anilines is 1. The number of rotatable bonds is 4. The Labute approximate surface area is 188 Å². The number of H-pyrrole nitrogens is 1. The zero-order valence-electron chi connectivity index (χ0n) is 16.2. The third-order valence-corrected chi connectivity index (χ3v) is 7.51. The largest absolute Gasteiger partial charge is 0.416 e. The van der Waals surface area contributed by atoms with E-state index >= 15 is 0 Å². The Hall–Kier alpha value is -2.04. The number of fused-ring (bicyclic) bond motifs is 3. The van der Waals surface area contributed by atoms with Gasteiger partial charge in [-0.15, -0.1) is 11.3 Å². The first-order chi connectivity index (χ1) is 14.6. The zero-order valence-corrected chi connectivity index (χ0v) is 18.6. The first-order valence-electron chi connectivity index (χ1n) is 9.52. The molecule has 164 valence electrons. The predicted octanol–water partition coefficient (Wildman–Crippen LogP) is 5.65. The van der Waals surface area contributed by atoms with Crippen molar-refractivity contribution < 1.29 is 18.0 Å². The number of hydrogen-bond acceptors (Lipinski definition) is 5. The van der Waals surface area contributed by atoms with E-state index in [1.165, 1.54) is 16.2 Å². The summed E-state index contributed by atoms with van der Waals surface area (Å²) in [6.07, 6.45) is -0.611. The van der Waals surface area contributed by atoms with Gasteiger partial charge in [-0.3, -0.25) is 9.59 Å². The van der Waals surface area contributed by atoms with Crippen LogP contribution in [0.1, 0.15) is 35.8 Å². The van der Waals surface area contributed by atoms with E-state index in [1.807, 2.05) is 0 Å². The van der Waals surface area contributed by atoms with E-state index in [-0.39, 0.29) is 21.4 Å². The molecule has 3 aromatic rings. The van der Waals surface area contributed by atoms with Crippen LogP contribution in [-0.2, 0) is 23.8 Å². The lowest BCUT2D eigenvalue weighted by molar-refractivity contribution is -0.137. The van der Waals surface area contributed by atoms with E-state index in [2.05, 4.69) is 15.3 Å². The maximum Gasteiger partial charge on any atom is 0.416 e. The number of aryl methyl sites for hydroxylation is 2. The molecule has 1 atom stereocenters. The lowest BCUT2D eigenvalue weighted by atomic mass is 9.97. The number of carbonyl (C=O) groups excluding carboxylic acids is 1. The number of aromatic amines is 1. The summed E-state index contributed by atoms with van der Waals surface area (Å²) in [5, 5.41) is 2.59. The highest BCUT2D eigenvalue weighted by molar-refractivity contribution is 8.00. The summed E-state index contributed by atoms with van der Waals surface area (Å²) in [7, 11) is 0. The van der Waals surface area contributed by atoms with Crippen molar-refractivity contribution in [2.75, 3.05) is 5.32 Å². The van der Waals surface area contributed by atoms with Gasteiger partial charge in [-0.05, 0) is 56.4 Å². The van der Waals surface area contributed by atoms with Crippen LogP contribution < -0.4 is 10.9 Å². The molecular formula is C20H17ClF3N3O2S2. The van der Waals surface area contributed by atoms with Gasteiger partial charge in [-0.2, -0.15) is 13.2 Å². The van der Waals surface area contributed by atoms with Crippen LogP contribution in [-0.4, -0.2) is 21.1 Å². The van der Waals surface area contributed by atoms with E-state index in [0.29, 0.717) is 10.2 Å². The monoisotopic (exact) mass is 487 g/mol. The van der Waals surface area contributed by atoms with Crippen LogP contribution in [0.5, 0.6) is 0 Å². The minimum Gasteiger partial charge on any atom is -0.324 e. The fourth-order valence-corrected chi connectivity index (χ4v) is 5.73. The number of alkyl halides is 3. The second-order valence-corrected chi connectivity index (χ2v) is 10.0. The molecule has 1 aromatic carbocycles. The Balaban J connectivity index is 1.53. The fourth-order valence-electron chi connectivity index (χ4n) is 3.45. The van der Waals surface area contributed by atoms with Crippen LogP contribution in [0.2, 0.25) is 5.02 Å². The van der Waals surface area contributed by atoms with Crippen molar-refractivity contribution in [1.82, 2.24) is 9.97 Å². The third-order valence-electron chi connectivity index (χ3n) is 5.01. The number of thioether (sulfide) groups is 1. The number of aromatic nitrogens is 2. The van der Waals surface area contributed by atoms with Gasteiger partial charge in [-0.25, -0.2) is 4.98 Å². The van der Waals surface area contributed by atoms with E-state index < -0.39 is 22.9 Å². The normalized spacial score (nSPS) is 15.0. The van der Waals surface area contributed by atoms with Crippen LogP contribution in [0.3, 0.4) is 0 Å². The summed E-state index contributed by atoms with van der Waals surface area (Å²) in [4.78, 5) is 34.2. The highest BCUT2D eigenvalue weighted by atomic mass is 35.5. The van der Waals surface area contributed by atoms with Crippen LogP contribution in [0, 0.1) is 0 Å². The number of nitrogens with zero attached hydrogens (tertiary/aromatic N) is 1. The SMILES string of the molecule is CC(Sc1nc2sc3c(c2c(=O)[nH]1)CCCC3)C(=O)Nc1cc(C(F)(F)F)ccc1Cl. The summed E-state index contributed by atoms with van der Waals surface area (Å²) in [6.45, 7) is 1.57. The summed E-state index contributed by atoms with van der Waals surface area (Å²) in [5.41, 5.74) is -0.204. The van der Waals surface area contributed by atoms with Crippen molar-refractivity contribution in [3.63, 3.8) is 0 Å². The van der Waals surface area contributed by atoms with Crippen LogP contribution >= 0.6 is 34.7 Å². The minimum absolute atomic E-state index is 0.00401. The number of hydrogen-bond donors (Lipinski definition) is 2. The van der Waals surface area contributed by atoms with Crippen molar-refractivity contribution in [1.29, 1.82) is 0 Å². The van der Waals surface area contributed by atoms with Crippen molar-refractivity contribution in [2.45, 2.75) is 49.2 Å². The quantitative estimate of drug-likeness (QED) is 0.368. The highest BCUT2D eigenvalue weighted by Gasteiger charge is 2.31. The molecule has 0 aliphatic heterocycles. The lowest BCUT2D eigenvalue weighted by Crippen LogP contribution is -2.23. The van der Waals surface area contributed by atoms with Crippen LogP contribution in [0.15, 0.2) is 28.2 Å². The van der Waals surface area contributed by atoms with Crippen molar-refractivity contribution in [3.05, 3.63) is 49.6 Å². The second kappa shape index (κ2) is 8.48. The van der Waals surface area contributed by atoms with Crippen LogP contribution in [0.25, 0.3) is 10.2 Å². The van der Waals surface area contributed by atoms with Gasteiger partial charge in [0.2, 0.25) is 5.91 Å². The van der Waals surface area contributed by atoms with Gasteiger partial charge in [0, 0.05) is 4.88 Å². The molecule has 0 fully saturated rings. The molecule has 2 aromatic heterocycles. The van der Waals surface area contributed by atoms with Crippen LogP contribution in [0.4, 0.5) is 18.9 Å². The predicted molar refractivity (Wildman–Crippen MR) is 117 cm³/mol. The number of benzene rings is 1. The topological polar surface area (TPSA) is 74.8 Å². The molecule has 0 radical (unpaired) electrons. The maximum absolute atomic E-state index is 12.9. The van der Waals surface area contributed by atoms with E-state index in [9.17, 15) is 22.8 Å². The van der Waals surface area contributed by atoms with Crippen molar-refractivity contribution in [3.8, 4) is 0 Å². The molecule has 1 unspecified atom stereocenters. The molecule has 0 bridgehead atoms. The zero-order chi connectivity index (χ0) is 22.3. The molecule has 31 heavy (non-hydrogen) atoms. The first-order valence-corrected chi connectivity index (χ1v) is 11.6. The summed E-state index contributed by atoms with van der Waals surface area (Å²) in [6, 6.07) is 2.73. The van der Waals surface area contributed by atoms with Gasteiger partial charge >= 0.3 is 6.18 Å². The second-order valence-electron chi connectivity index (χ2n) is 7.20. The average Bonchev–Trinajstić information content (AvgIpc) is 3.07. The molecule has 1 amide bonds. The molecule has 0 spiro atoms. The van der Waals surface area contributed by atoms with Gasteiger partial charge < -0.3 is 10.3 Å². The molecule has 2 heterocycles. The Morgan fingerprint density at radius 2 is 2.06 bits per heavy atom. The molecule has 5 nitrogen and oxygen atoms in total. The van der Waals surface area contributed by atoms with E-state index in [4.69, 9.17) is 11.6 Å². The summed E-state index contributed by atoms with van der Waals surface area (Å²) >= 11 is 8.47. The van der Waals surface area contributed by atoms with Gasteiger partial charge in [0.05, 0.1) is 26.9 Å². The fraction of sp³-hybridized carbons (Fsp3) is 0.350. The Morgan fingerprint density at radius 3 is 2.81 bits per heavy atom. The molecule has 4 rings (SSSR count). The van der Waals surface area contributed by atoms with Gasteiger partial charge in [0.25, 0.3) is 5.56 Å².